The molecular weight excluding hydrogens is 250 g/mol. The van der Waals surface area contributed by atoms with E-state index in [2.05, 4.69) is 10.2 Å². The molecule has 1 aromatic rings. The molecule has 1 atom stereocenters. The first-order valence-corrected chi connectivity index (χ1v) is 7.50. The molecule has 20 heavy (non-hydrogen) atoms. The summed E-state index contributed by atoms with van der Waals surface area (Å²) in [7, 11) is 0. The molecule has 110 valence electrons. The summed E-state index contributed by atoms with van der Waals surface area (Å²) in [6.45, 7) is 4.26. The van der Waals surface area contributed by atoms with Gasteiger partial charge < -0.3 is 11.1 Å². The van der Waals surface area contributed by atoms with Gasteiger partial charge in [-0.25, -0.2) is 0 Å². The Hall–Kier alpha value is -1.39. The minimum absolute atomic E-state index is 0.0824. The van der Waals surface area contributed by atoms with Gasteiger partial charge in [-0.2, -0.15) is 0 Å². The first kappa shape index (κ1) is 15.0. The Morgan fingerprint density at radius 1 is 1.45 bits per heavy atom. The summed E-state index contributed by atoms with van der Waals surface area (Å²) in [5, 5.41) is 3.01. The highest BCUT2D eigenvalue weighted by atomic mass is 16.2. The summed E-state index contributed by atoms with van der Waals surface area (Å²) < 4.78 is 0. The molecule has 4 nitrogen and oxygen atoms in total. The van der Waals surface area contributed by atoms with Crippen LogP contribution in [0.2, 0.25) is 0 Å². The molecule has 1 fully saturated rings. The molecule has 3 N–H and O–H groups in total. The summed E-state index contributed by atoms with van der Waals surface area (Å²) in [6, 6.07) is 8.41. The maximum Gasteiger partial charge on any atom is 0.238 e. The van der Waals surface area contributed by atoms with E-state index in [0.29, 0.717) is 12.6 Å². The number of carbonyl (C=O) groups is 1. The Kier molecular flexibility index (Phi) is 5.56. The summed E-state index contributed by atoms with van der Waals surface area (Å²) >= 11 is 0. The van der Waals surface area contributed by atoms with Gasteiger partial charge in [0, 0.05) is 11.7 Å². The van der Waals surface area contributed by atoms with Gasteiger partial charge in [-0.3, -0.25) is 9.69 Å². The topological polar surface area (TPSA) is 58.4 Å². The monoisotopic (exact) mass is 275 g/mol. The van der Waals surface area contributed by atoms with Crippen molar-refractivity contribution in [2.24, 2.45) is 5.73 Å². The summed E-state index contributed by atoms with van der Waals surface area (Å²) in [6.07, 6.45) is 4.53. The first-order valence-electron chi connectivity index (χ1n) is 7.50. The van der Waals surface area contributed by atoms with Gasteiger partial charge in [0.05, 0.1) is 6.54 Å². The third kappa shape index (κ3) is 4.05. The molecule has 0 aliphatic carbocycles. The molecule has 1 saturated heterocycles. The largest absolute Gasteiger partial charge is 0.330 e. The van der Waals surface area contributed by atoms with Crippen LogP contribution in [0.5, 0.6) is 0 Å². The molecule has 4 heteroatoms. The van der Waals surface area contributed by atoms with Crippen LogP contribution in [0.15, 0.2) is 24.3 Å². The van der Waals surface area contributed by atoms with Crippen molar-refractivity contribution in [3.63, 3.8) is 0 Å². The highest BCUT2D eigenvalue weighted by Crippen LogP contribution is 2.21. The Balaban J connectivity index is 1.86. The van der Waals surface area contributed by atoms with E-state index in [9.17, 15) is 4.79 Å². The van der Waals surface area contributed by atoms with E-state index in [-0.39, 0.29) is 5.91 Å². The number of amides is 1. The van der Waals surface area contributed by atoms with Gasteiger partial charge in [0.15, 0.2) is 0 Å². The molecule has 1 amide bonds. The number of rotatable bonds is 6. The summed E-state index contributed by atoms with van der Waals surface area (Å²) in [4.78, 5) is 14.5. The fraction of sp³-hybridized carbons (Fsp3) is 0.562. The number of aryl methyl sites for hydroxylation is 1. The Morgan fingerprint density at radius 3 is 3.00 bits per heavy atom. The predicted octanol–water partition coefficient (Wildman–Crippen LogP) is 2.14. The molecule has 1 unspecified atom stereocenters. The average Bonchev–Trinajstić information content (AvgIpc) is 2.86. The molecule has 0 bridgehead atoms. The Bertz CT molecular complexity index is 447. The second kappa shape index (κ2) is 7.41. The second-order valence-electron chi connectivity index (χ2n) is 5.56. The lowest BCUT2D eigenvalue weighted by Gasteiger charge is -2.23. The zero-order chi connectivity index (χ0) is 14.4. The van der Waals surface area contributed by atoms with E-state index in [1.165, 1.54) is 12.8 Å². The van der Waals surface area contributed by atoms with Crippen molar-refractivity contribution >= 4 is 11.6 Å². The van der Waals surface area contributed by atoms with Gasteiger partial charge in [-0.05, 0) is 57.3 Å². The van der Waals surface area contributed by atoms with Gasteiger partial charge in [-0.1, -0.05) is 18.2 Å². The molecule has 1 aliphatic rings. The predicted molar refractivity (Wildman–Crippen MR) is 82.7 cm³/mol. The summed E-state index contributed by atoms with van der Waals surface area (Å²) in [5.41, 5.74) is 7.59. The van der Waals surface area contributed by atoms with E-state index in [0.717, 1.165) is 37.2 Å². The number of nitrogens with two attached hydrogens (primary N) is 1. The van der Waals surface area contributed by atoms with Crippen LogP contribution in [0.3, 0.4) is 0 Å². The number of benzene rings is 1. The molecule has 1 heterocycles. The van der Waals surface area contributed by atoms with Crippen LogP contribution in [0.25, 0.3) is 0 Å². The average molecular weight is 275 g/mol. The third-order valence-corrected chi connectivity index (χ3v) is 4.01. The van der Waals surface area contributed by atoms with Crippen LogP contribution in [-0.4, -0.2) is 36.5 Å². The van der Waals surface area contributed by atoms with Crippen molar-refractivity contribution in [2.75, 3.05) is 25.0 Å². The van der Waals surface area contributed by atoms with Crippen molar-refractivity contribution in [2.45, 2.75) is 38.6 Å². The molecule has 0 spiro atoms. The van der Waals surface area contributed by atoms with Crippen LogP contribution in [0, 0.1) is 6.92 Å². The zero-order valence-electron chi connectivity index (χ0n) is 12.3. The fourth-order valence-electron chi connectivity index (χ4n) is 2.87. The number of carbonyl (C=O) groups excluding carboxylic acids is 1. The van der Waals surface area contributed by atoms with E-state index < -0.39 is 0 Å². The van der Waals surface area contributed by atoms with Crippen molar-refractivity contribution in [1.29, 1.82) is 0 Å². The third-order valence-electron chi connectivity index (χ3n) is 4.01. The van der Waals surface area contributed by atoms with Crippen molar-refractivity contribution in [3.8, 4) is 0 Å². The van der Waals surface area contributed by atoms with Crippen LogP contribution in [-0.2, 0) is 4.79 Å². The lowest BCUT2D eigenvalue weighted by Crippen LogP contribution is -2.37. The molecule has 0 aromatic heterocycles. The van der Waals surface area contributed by atoms with E-state index in [1.54, 1.807) is 0 Å². The highest BCUT2D eigenvalue weighted by molar-refractivity contribution is 5.92. The smallest absolute Gasteiger partial charge is 0.238 e. The lowest BCUT2D eigenvalue weighted by atomic mass is 10.1. The molecule has 0 radical (unpaired) electrons. The normalized spacial score (nSPS) is 19.2. The van der Waals surface area contributed by atoms with Gasteiger partial charge in [-0.15, -0.1) is 0 Å². The second-order valence-corrected chi connectivity index (χ2v) is 5.56. The molecule has 0 saturated carbocycles. The number of hydrogen-bond acceptors (Lipinski definition) is 3. The van der Waals surface area contributed by atoms with Crippen molar-refractivity contribution in [3.05, 3.63) is 29.8 Å². The van der Waals surface area contributed by atoms with Crippen molar-refractivity contribution < 1.29 is 4.79 Å². The number of nitrogens with one attached hydrogen (secondary N) is 1. The Morgan fingerprint density at radius 2 is 2.25 bits per heavy atom. The molecule has 1 aromatic carbocycles. The van der Waals surface area contributed by atoms with Gasteiger partial charge in [0.1, 0.15) is 0 Å². The van der Waals surface area contributed by atoms with E-state index >= 15 is 0 Å². The number of nitrogens with zero attached hydrogens (tertiary/aromatic N) is 1. The molecular formula is C16H25N3O. The van der Waals surface area contributed by atoms with Gasteiger partial charge >= 0.3 is 0 Å². The number of likely N-dealkylation sites (tertiary alicyclic amines) is 1. The lowest BCUT2D eigenvalue weighted by molar-refractivity contribution is -0.117. The molecule has 1 aliphatic heterocycles. The summed E-state index contributed by atoms with van der Waals surface area (Å²) in [5.74, 6) is 0.0824. The fourth-order valence-corrected chi connectivity index (χ4v) is 2.87. The zero-order valence-corrected chi connectivity index (χ0v) is 12.3. The molecule has 2 rings (SSSR count). The standard InChI is InChI=1S/C16H25N3O/c1-13-6-2-3-9-15(13)18-16(20)12-19-11-5-8-14(19)7-4-10-17/h2-3,6,9,14H,4-5,7-8,10-12,17H2,1H3,(H,18,20). The van der Waals surface area contributed by atoms with Crippen LogP contribution in [0.4, 0.5) is 5.69 Å². The van der Waals surface area contributed by atoms with E-state index in [4.69, 9.17) is 5.73 Å². The number of anilines is 1. The quantitative estimate of drug-likeness (QED) is 0.836. The van der Waals surface area contributed by atoms with Crippen LogP contribution >= 0.6 is 0 Å². The first-order chi connectivity index (χ1) is 9.70. The van der Waals surface area contributed by atoms with Crippen molar-refractivity contribution in [1.82, 2.24) is 4.90 Å². The minimum atomic E-state index is 0.0824. The van der Waals surface area contributed by atoms with Crippen LogP contribution in [0.1, 0.15) is 31.2 Å². The van der Waals surface area contributed by atoms with Gasteiger partial charge in [0.25, 0.3) is 0 Å². The maximum atomic E-state index is 12.2. The maximum absolute atomic E-state index is 12.2. The van der Waals surface area contributed by atoms with E-state index in [1.807, 2.05) is 31.2 Å². The highest BCUT2D eigenvalue weighted by Gasteiger charge is 2.25. The number of hydrogen-bond donors (Lipinski definition) is 2. The minimum Gasteiger partial charge on any atom is -0.330 e. The Labute approximate surface area is 121 Å². The van der Waals surface area contributed by atoms with Crippen LogP contribution < -0.4 is 11.1 Å². The SMILES string of the molecule is Cc1ccccc1NC(=O)CN1CCCC1CCCN. The van der Waals surface area contributed by atoms with Gasteiger partial charge in [0.2, 0.25) is 5.91 Å². The number of para-hydroxylation sites is 1.